The average molecular weight is 278 g/mol. The smallest absolute Gasteiger partial charge is 0.218 e. The lowest BCUT2D eigenvalue weighted by Crippen LogP contribution is -2.52. The molecule has 108 valence electrons. The molecule has 0 aromatic heterocycles. The van der Waals surface area contributed by atoms with Crippen LogP contribution >= 0.6 is 0 Å². The van der Waals surface area contributed by atoms with E-state index in [1.54, 1.807) is 11.2 Å². The van der Waals surface area contributed by atoms with Crippen molar-refractivity contribution in [2.24, 2.45) is 0 Å². The molecule has 18 heavy (non-hydrogen) atoms. The van der Waals surface area contributed by atoms with E-state index in [2.05, 4.69) is 5.32 Å². The van der Waals surface area contributed by atoms with Crippen LogP contribution < -0.4 is 5.32 Å². The molecule has 1 aliphatic rings. The third-order valence-electron chi connectivity index (χ3n) is 3.29. The second-order valence-corrected chi connectivity index (χ2v) is 7.47. The first kappa shape index (κ1) is 15.9. The molecule has 6 heteroatoms. The maximum atomic E-state index is 12.5. The average Bonchev–Trinajstić information content (AvgIpc) is 2.35. The van der Waals surface area contributed by atoms with Crippen LogP contribution in [0.3, 0.4) is 0 Å². The van der Waals surface area contributed by atoms with Crippen molar-refractivity contribution in [1.29, 1.82) is 0 Å². The zero-order valence-corrected chi connectivity index (χ0v) is 12.7. The minimum Gasteiger partial charge on any atom is -0.378 e. The first-order valence-corrected chi connectivity index (χ1v) is 8.21. The van der Waals surface area contributed by atoms with Gasteiger partial charge < -0.3 is 10.1 Å². The van der Waals surface area contributed by atoms with Crippen molar-refractivity contribution in [3.05, 3.63) is 0 Å². The molecule has 1 aliphatic heterocycles. The molecule has 1 N–H and O–H groups in total. The molecule has 0 amide bonds. The monoisotopic (exact) mass is 278 g/mol. The SMILES string of the molecule is CCC1COCCN1S(=O)(=O)C(C)CNC(C)C. The summed E-state index contributed by atoms with van der Waals surface area (Å²) in [7, 11) is -3.23. The maximum Gasteiger partial charge on any atom is 0.218 e. The van der Waals surface area contributed by atoms with Gasteiger partial charge in [0.05, 0.1) is 18.5 Å². The van der Waals surface area contributed by atoms with Gasteiger partial charge in [-0.15, -0.1) is 0 Å². The molecule has 2 unspecified atom stereocenters. The molecule has 1 heterocycles. The fourth-order valence-electron chi connectivity index (χ4n) is 2.03. The molecule has 5 nitrogen and oxygen atoms in total. The molecule has 1 fully saturated rings. The Bertz CT molecular complexity index is 343. The summed E-state index contributed by atoms with van der Waals surface area (Å²) in [5.74, 6) is 0. The van der Waals surface area contributed by atoms with Crippen LogP contribution in [0.2, 0.25) is 0 Å². The van der Waals surface area contributed by atoms with Gasteiger partial charge in [0.15, 0.2) is 0 Å². The van der Waals surface area contributed by atoms with Gasteiger partial charge in [-0.25, -0.2) is 8.42 Å². The number of sulfonamides is 1. The largest absolute Gasteiger partial charge is 0.378 e. The number of nitrogens with one attached hydrogen (secondary N) is 1. The van der Waals surface area contributed by atoms with Crippen LogP contribution in [0.15, 0.2) is 0 Å². The van der Waals surface area contributed by atoms with Crippen LogP contribution in [-0.4, -0.2) is 56.4 Å². The van der Waals surface area contributed by atoms with Crippen molar-refractivity contribution < 1.29 is 13.2 Å². The van der Waals surface area contributed by atoms with Gasteiger partial charge >= 0.3 is 0 Å². The first-order valence-electron chi connectivity index (χ1n) is 6.71. The molecule has 0 saturated carbocycles. The fraction of sp³-hybridized carbons (Fsp3) is 1.00. The summed E-state index contributed by atoms with van der Waals surface area (Å²) in [6, 6.07) is 0.291. The van der Waals surface area contributed by atoms with E-state index in [0.717, 1.165) is 6.42 Å². The van der Waals surface area contributed by atoms with Gasteiger partial charge in [0.25, 0.3) is 0 Å². The Labute approximate surface area is 111 Å². The van der Waals surface area contributed by atoms with E-state index in [-0.39, 0.29) is 6.04 Å². The van der Waals surface area contributed by atoms with Gasteiger partial charge in [-0.2, -0.15) is 4.31 Å². The summed E-state index contributed by atoms with van der Waals surface area (Å²) in [4.78, 5) is 0. The summed E-state index contributed by atoms with van der Waals surface area (Å²) in [5, 5.41) is 2.79. The van der Waals surface area contributed by atoms with Crippen LogP contribution in [0.5, 0.6) is 0 Å². The molecule has 0 spiro atoms. The molecule has 0 aromatic carbocycles. The molecule has 0 bridgehead atoms. The Balaban J connectivity index is 2.71. The van der Waals surface area contributed by atoms with Crippen molar-refractivity contribution in [3.8, 4) is 0 Å². The first-order chi connectivity index (χ1) is 8.39. The van der Waals surface area contributed by atoms with Crippen molar-refractivity contribution in [3.63, 3.8) is 0 Å². The Morgan fingerprint density at radius 1 is 1.39 bits per heavy atom. The highest BCUT2D eigenvalue weighted by Crippen LogP contribution is 2.18. The van der Waals surface area contributed by atoms with Crippen molar-refractivity contribution >= 4 is 10.0 Å². The molecule has 0 radical (unpaired) electrons. The van der Waals surface area contributed by atoms with Gasteiger partial charge in [-0.05, 0) is 13.3 Å². The predicted molar refractivity (Wildman–Crippen MR) is 73.1 cm³/mol. The standard InChI is InChI=1S/C12H26N2O3S/c1-5-12-9-17-7-6-14(12)18(15,16)11(4)8-13-10(2)3/h10-13H,5-9H2,1-4H3. The lowest BCUT2D eigenvalue weighted by atomic mass is 10.2. The van der Waals surface area contributed by atoms with Crippen LogP contribution in [0.1, 0.15) is 34.1 Å². The quantitative estimate of drug-likeness (QED) is 0.781. The van der Waals surface area contributed by atoms with Crippen LogP contribution in [0.4, 0.5) is 0 Å². The van der Waals surface area contributed by atoms with Crippen molar-refractivity contribution in [2.45, 2.75) is 51.4 Å². The summed E-state index contributed by atoms with van der Waals surface area (Å²) in [6.07, 6.45) is 0.795. The molecule has 0 aliphatic carbocycles. The number of ether oxygens (including phenoxy) is 1. The van der Waals surface area contributed by atoms with Crippen LogP contribution in [-0.2, 0) is 14.8 Å². The summed E-state index contributed by atoms with van der Waals surface area (Å²) >= 11 is 0. The van der Waals surface area contributed by atoms with Crippen molar-refractivity contribution in [1.82, 2.24) is 9.62 Å². The van der Waals surface area contributed by atoms with Gasteiger partial charge in [0.2, 0.25) is 10.0 Å². The Hall–Kier alpha value is -0.170. The van der Waals surface area contributed by atoms with Crippen LogP contribution in [0, 0.1) is 0 Å². The zero-order valence-electron chi connectivity index (χ0n) is 11.8. The van der Waals surface area contributed by atoms with Gasteiger partial charge in [0.1, 0.15) is 0 Å². The van der Waals surface area contributed by atoms with Crippen LogP contribution in [0.25, 0.3) is 0 Å². The second kappa shape index (κ2) is 6.84. The lowest BCUT2D eigenvalue weighted by Gasteiger charge is -2.36. The number of hydrogen-bond acceptors (Lipinski definition) is 4. The third kappa shape index (κ3) is 3.91. The highest BCUT2D eigenvalue weighted by Gasteiger charge is 2.35. The third-order valence-corrected chi connectivity index (χ3v) is 5.61. The number of rotatable bonds is 6. The normalized spacial score (nSPS) is 24.4. The molecular formula is C12H26N2O3S. The molecule has 0 aromatic rings. The van der Waals surface area contributed by atoms with E-state index < -0.39 is 15.3 Å². The van der Waals surface area contributed by atoms with E-state index in [1.807, 2.05) is 20.8 Å². The lowest BCUT2D eigenvalue weighted by molar-refractivity contribution is 0.0310. The van der Waals surface area contributed by atoms with Crippen molar-refractivity contribution in [2.75, 3.05) is 26.3 Å². The predicted octanol–water partition coefficient (Wildman–Crippen LogP) is 0.814. The molecule has 2 atom stereocenters. The minimum atomic E-state index is -3.23. The van der Waals surface area contributed by atoms with E-state index in [4.69, 9.17) is 4.74 Å². The maximum absolute atomic E-state index is 12.5. The number of morpholine rings is 1. The fourth-order valence-corrected chi connectivity index (χ4v) is 3.76. The Morgan fingerprint density at radius 3 is 2.61 bits per heavy atom. The topological polar surface area (TPSA) is 58.6 Å². The minimum absolute atomic E-state index is 0.00903. The Morgan fingerprint density at radius 2 is 2.06 bits per heavy atom. The zero-order chi connectivity index (χ0) is 13.8. The van der Waals surface area contributed by atoms with Gasteiger partial charge in [-0.3, -0.25) is 0 Å². The Kier molecular flexibility index (Phi) is 6.04. The summed E-state index contributed by atoms with van der Waals surface area (Å²) in [6.45, 7) is 9.79. The number of nitrogens with zero attached hydrogens (tertiary/aromatic N) is 1. The highest BCUT2D eigenvalue weighted by atomic mass is 32.2. The van der Waals surface area contributed by atoms with E-state index in [1.165, 1.54) is 0 Å². The van der Waals surface area contributed by atoms with Gasteiger partial charge in [0, 0.05) is 25.2 Å². The second-order valence-electron chi connectivity index (χ2n) is 5.17. The van der Waals surface area contributed by atoms with Gasteiger partial charge in [-0.1, -0.05) is 20.8 Å². The highest BCUT2D eigenvalue weighted by molar-refractivity contribution is 7.89. The molecule has 1 saturated heterocycles. The van der Waals surface area contributed by atoms with E-state index in [9.17, 15) is 8.42 Å². The molecular weight excluding hydrogens is 252 g/mol. The summed E-state index contributed by atoms with van der Waals surface area (Å²) in [5.41, 5.74) is 0. The van der Waals surface area contributed by atoms with E-state index in [0.29, 0.717) is 32.3 Å². The summed E-state index contributed by atoms with van der Waals surface area (Å²) < 4.78 is 32.0. The molecule has 1 rings (SSSR count). The van der Waals surface area contributed by atoms with E-state index >= 15 is 0 Å². The number of hydrogen-bond donors (Lipinski definition) is 1.